The van der Waals surface area contributed by atoms with Crippen molar-refractivity contribution in [3.8, 4) is 11.5 Å². The second-order valence-electron chi connectivity index (χ2n) is 8.15. The highest BCUT2D eigenvalue weighted by molar-refractivity contribution is 5.89. The summed E-state index contributed by atoms with van der Waals surface area (Å²) < 4.78 is 25.3. The van der Waals surface area contributed by atoms with Crippen LogP contribution in [0, 0.1) is 5.82 Å². The smallest absolute Gasteiger partial charge is 0.419 e. The van der Waals surface area contributed by atoms with Crippen LogP contribution >= 0.6 is 0 Å². The Labute approximate surface area is 200 Å². The predicted molar refractivity (Wildman–Crippen MR) is 132 cm³/mol. The lowest BCUT2D eigenvalue weighted by Gasteiger charge is -2.36. The largest absolute Gasteiger partial charge is 0.493 e. The van der Waals surface area contributed by atoms with E-state index in [1.54, 1.807) is 24.1 Å². The molecule has 4 rings (SSSR count). The van der Waals surface area contributed by atoms with Crippen molar-refractivity contribution in [3.05, 3.63) is 84.2 Å². The molecule has 0 unspecified atom stereocenters. The fourth-order valence-corrected chi connectivity index (χ4v) is 4.18. The molecule has 0 N–H and O–H groups in total. The Morgan fingerprint density at radius 1 is 0.941 bits per heavy atom. The van der Waals surface area contributed by atoms with E-state index < -0.39 is 6.09 Å². The van der Waals surface area contributed by atoms with Crippen LogP contribution in [0.15, 0.2) is 72.8 Å². The molecule has 178 valence electrons. The van der Waals surface area contributed by atoms with Crippen molar-refractivity contribution < 1.29 is 18.7 Å². The van der Waals surface area contributed by atoms with Gasteiger partial charge >= 0.3 is 6.09 Å². The van der Waals surface area contributed by atoms with Crippen molar-refractivity contribution in [1.82, 2.24) is 4.90 Å². The first kappa shape index (κ1) is 23.6. The monoisotopic (exact) mass is 463 g/mol. The number of amides is 1. The highest BCUT2D eigenvalue weighted by Crippen LogP contribution is 2.30. The lowest BCUT2D eigenvalue weighted by atomic mass is 10.1. The molecule has 0 aliphatic carbocycles. The van der Waals surface area contributed by atoms with Crippen LogP contribution in [0.1, 0.15) is 12.5 Å². The van der Waals surface area contributed by atoms with E-state index >= 15 is 0 Å². The molecule has 3 aromatic rings. The Kier molecular flexibility index (Phi) is 7.65. The molecule has 34 heavy (non-hydrogen) atoms. The Bertz CT molecular complexity index is 1100. The van der Waals surface area contributed by atoms with E-state index in [0.29, 0.717) is 23.7 Å². The first-order valence-corrected chi connectivity index (χ1v) is 11.5. The third kappa shape index (κ3) is 5.48. The van der Waals surface area contributed by atoms with Crippen LogP contribution in [0.25, 0.3) is 0 Å². The molecule has 3 aromatic carbocycles. The molecule has 1 aliphatic rings. The number of carbonyl (C=O) groups excluding carboxylic acids is 1. The van der Waals surface area contributed by atoms with E-state index in [2.05, 4.69) is 9.80 Å². The van der Waals surface area contributed by atoms with E-state index in [1.807, 2.05) is 61.5 Å². The van der Waals surface area contributed by atoms with E-state index in [0.717, 1.165) is 44.0 Å². The molecule has 7 heteroatoms. The number of rotatable bonds is 7. The van der Waals surface area contributed by atoms with E-state index in [9.17, 15) is 9.18 Å². The Balaban J connectivity index is 1.38. The minimum absolute atomic E-state index is 0.181. The van der Waals surface area contributed by atoms with Gasteiger partial charge in [0.1, 0.15) is 5.82 Å². The molecular formula is C27H30FN3O3. The number of hydrogen-bond acceptors (Lipinski definition) is 5. The van der Waals surface area contributed by atoms with Crippen molar-refractivity contribution in [2.45, 2.75) is 13.5 Å². The lowest BCUT2D eigenvalue weighted by molar-refractivity contribution is 0.205. The first-order chi connectivity index (χ1) is 16.6. The third-order valence-electron chi connectivity index (χ3n) is 6.00. The highest BCUT2D eigenvalue weighted by atomic mass is 19.1. The number of carbonyl (C=O) groups is 1. The second kappa shape index (κ2) is 11.0. The summed E-state index contributed by atoms with van der Waals surface area (Å²) in [4.78, 5) is 18.8. The SMILES string of the molecule is CCN(C(=O)Oc1ccc(CN2CCN(c3ccccc3F)CC2)cc1OC)c1ccccc1. The fourth-order valence-electron chi connectivity index (χ4n) is 4.18. The van der Waals surface area contributed by atoms with Gasteiger partial charge in [-0.05, 0) is 48.9 Å². The zero-order valence-electron chi connectivity index (χ0n) is 19.6. The van der Waals surface area contributed by atoms with Crippen molar-refractivity contribution in [1.29, 1.82) is 0 Å². The van der Waals surface area contributed by atoms with Gasteiger partial charge in [-0.2, -0.15) is 0 Å². The molecule has 1 fully saturated rings. The molecule has 0 aromatic heterocycles. The van der Waals surface area contributed by atoms with Crippen LogP contribution in [-0.4, -0.2) is 50.8 Å². The summed E-state index contributed by atoms with van der Waals surface area (Å²) in [5.41, 5.74) is 2.50. The van der Waals surface area contributed by atoms with E-state index in [4.69, 9.17) is 9.47 Å². The van der Waals surface area contributed by atoms with Gasteiger partial charge in [0.05, 0.1) is 12.8 Å². The molecule has 1 saturated heterocycles. The van der Waals surface area contributed by atoms with Gasteiger partial charge in [0.15, 0.2) is 11.5 Å². The number of anilines is 2. The fraction of sp³-hybridized carbons (Fsp3) is 0.296. The number of halogens is 1. The van der Waals surface area contributed by atoms with E-state index in [1.165, 1.54) is 6.07 Å². The maximum atomic E-state index is 14.1. The molecule has 1 amide bonds. The first-order valence-electron chi connectivity index (χ1n) is 11.5. The average molecular weight is 464 g/mol. The van der Waals surface area contributed by atoms with Gasteiger partial charge in [-0.1, -0.05) is 36.4 Å². The van der Waals surface area contributed by atoms with Gasteiger partial charge in [-0.25, -0.2) is 9.18 Å². The summed E-state index contributed by atoms with van der Waals surface area (Å²) in [5.74, 6) is 0.717. The van der Waals surface area contributed by atoms with Crippen LogP contribution in [0.3, 0.4) is 0 Å². The van der Waals surface area contributed by atoms with Crippen LogP contribution in [0.4, 0.5) is 20.6 Å². The van der Waals surface area contributed by atoms with Crippen molar-refractivity contribution in [2.75, 3.05) is 49.6 Å². The molecule has 0 bridgehead atoms. The summed E-state index contributed by atoms with van der Waals surface area (Å²) in [6.45, 7) is 6.31. The number of benzene rings is 3. The average Bonchev–Trinajstić information content (AvgIpc) is 2.87. The van der Waals surface area contributed by atoms with Gasteiger partial charge in [0, 0.05) is 45.0 Å². The quantitative estimate of drug-likeness (QED) is 0.483. The van der Waals surface area contributed by atoms with Gasteiger partial charge in [0.25, 0.3) is 0 Å². The Morgan fingerprint density at radius 2 is 1.65 bits per heavy atom. The zero-order chi connectivity index (χ0) is 23.9. The predicted octanol–water partition coefficient (Wildman–Crippen LogP) is 5.18. The van der Waals surface area contributed by atoms with Crippen LogP contribution < -0.4 is 19.3 Å². The molecule has 1 aliphatic heterocycles. The lowest BCUT2D eigenvalue weighted by Crippen LogP contribution is -2.46. The van der Waals surface area contributed by atoms with Crippen molar-refractivity contribution in [3.63, 3.8) is 0 Å². The standard InChI is InChI=1S/C27H30FN3O3/c1-3-31(22-9-5-4-6-10-22)27(32)34-25-14-13-21(19-26(25)33-2)20-29-15-17-30(18-16-29)24-12-8-7-11-23(24)28/h4-14,19H,3,15-18,20H2,1-2H3. The number of hydrogen-bond donors (Lipinski definition) is 0. The topological polar surface area (TPSA) is 45.2 Å². The van der Waals surface area contributed by atoms with Crippen molar-refractivity contribution >= 4 is 17.5 Å². The summed E-state index contributed by atoms with van der Waals surface area (Å²) in [6.07, 6.45) is -0.455. The minimum atomic E-state index is -0.455. The molecular weight excluding hydrogens is 433 g/mol. The molecule has 6 nitrogen and oxygen atoms in total. The van der Waals surface area contributed by atoms with Crippen LogP contribution in [0.2, 0.25) is 0 Å². The number of methoxy groups -OCH3 is 1. The maximum Gasteiger partial charge on any atom is 0.419 e. The molecule has 0 radical (unpaired) electrons. The molecule has 0 atom stereocenters. The van der Waals surface area contributed by atoms with Gasteiger partial charge in [-0.15, -0.1) is 0 Å². The number of nitrogens with zero attached hydrogens (tertiary/aromatic N) is 3. The zero-order valence-corrected chi connectivity index (χ0v) is 19.6. The third-order valence-corrected chi connectivity index (χ3v) is 6.00. The van der Waals surface area contributed by atoms with Gasteiger partial charge in [-0.3, -0.25) is 9.80 Å². The summed E-state index contributed by atoms with van der Waals surface area (Å²) in [5, 5.41) is 0. The molecule has 0 spiro atoms. The highest BCUT2D eigenvalue weighted by Gasteiger charge is 2.21. The van der Waals surface area contributed by atoms with E-state index in [-0.39, 0.29) is 5.82 Å². The summed E-state index contributed by atoms with van der Waals surface area (Å²) in [7, 11) is 1.57. The van der Waals surface area contributed by atoms with Gasteiger partial charge in [0.2, 0.25) is 0 Å². The Morgan fingerprint density at radius 3 is 2.32 bits per heavy atom. The van der Waals surface area contributed by atoms with Crippen LogP contribution in [0.5, 0.6) is 11.5 Å². The van der Waals surface area contributed by atoms with Gasteiger partial charge < -0.3 is 14.4 Å². The second-order valence-corrected chi connectivity index (χ2v) is 8.15. The summed E-state index contributed by atoms with van der Waals surface area (Å²) in [6, 6.07) is 22.0. The molecule has 1 heterocycles. The number of piperazine rings is 1. The number of ether oxygens (including phenoxy) is 2. The normalized spacial score (nSPS) is 14.0. The summed E-state index contributed by atoms with van der Waals surface area (Å²) >= 11 is 0. The number of para-hydroxylation sites is 2. The maximum absolute atomic E-state index is 14.1. The van der Waals surface area contributed by atoms with Crippen molar-refractivity contribution in [2.24, 2.45) is 0 Å². The molecule has 0 saturated carbocycles. The minimum Gasteiger partial charge on any atom is -0.493 e. The van der Waals surface area contributed by atoms with Crippen LogP contribution in [-0.2, 0) is 6.54 Å². The Hall–Kier alpha value is -3.58.